The van der Waals surface area contributed by atoms with Crippen molar-refractivity contribution in [2.24, 2.45) is 0 Å². The van der Waals surface area contributed by atoms with E-state index in [9.17, 15) is 9.59 Å². The van der Waals surface area contributed by atoms with Crippen LogP contribution in [-0.4, -0.2) is 54.1 Å². The zero-order chi connectivity index (χ0) is 25.4. The number of carboxylic acid groups (broad SMARTS) is 1. The molecule has 36 heavy (non-hydrogen) atoms. The maximum Gasteiger partial charge on any atom is 0.407 e. The molecular weight excluding hydrogens is 462 g/mol. The third-order valence-corrected chi connectivity index (χ3v) is 6.54. The molecule has 0 bridgehead atoms. The maximum absolute atomic E-state index is 13.1. The second kappa shape index (κ2) is 9.14. The number of amides is 2. The highest BCUT2D eigenvalue weighted by Crippen LogP contribution is 2.34. The van der Waals surface area contributed by atoms with Crippen molar-refractivity contribution >= 4 is 23.3 Å². The average Bonchev–Trinajstić information content (AvgIpc) is 3.50. The molecule has 2 amide bonds. The summed E-state index contributed by atoms with van der Waals surface area (Å²) >= 11 is 0. The van der Waals surface area contributed by atoms with Crippen LogP contribution in [0.15, 0.2) is 47.2 Å². The first-order chi connectivity index (χ1) is 17.4. The smallest absolute Gasteiger partial charge is 0.407 e. The Morgan fingerprint density at radius 2 is 2.14 bits per heavy atom. The van der Waals surface area contributed by atoms with Gasteiger partial charge in [-0.2, -0.15) is 10.2 Å². The number of rotatable bonds is 6. The van der Waals surface area contributed by atoms with Crippen LogP contribution in [0, 0.1) is 18.3 Å². The largest absolute Gasteiger partial charge is 0.465 e. The van der Waals surface area contributed by atoms with Gasteiger partial charge in [-0.3, -0.25) is 9.20 Å². The number of hydrogen-bond acceptors (Lipinski definition) is 7. The molecule has 4 heterocycles. The molecule has 3 aromatic heterocycles. The summed E-state index contributed by atoms with van der Waals surface area (Å²) < 4.78 is 7.13. The van der Waals surface area contributed by atoms with E-state index in [2.05, 4.69) is 26.5 Å². The summed E-state index contributed by atoms with van der Waals surface area (Å²) in [5.74, 6) is 0.267. The van der Waals surface area contributed by atoms with E-state index < -0.39 is 6.09 Å². The SMILES string of the molecule is Cc1ccc(-c2noc(C3CN(C(=O)O)C3C)n2)cc1NC(=O)c1cnc2ccc(CCC#N)cn12. The van der Waals surface area contributed by atoms with Crippen LogP contribution in [0.2, 0.25) is 0 Å². The number of carbonyl (C=O) groups is 2. The molecule has 2 N–H and O–H groups in total. The van der Waals surface area contributed by atoms with Crippen LogP contribution in [0.3, 0.4) is 0 Å². The summed E-state index contributed by atoms with van der Waals surface area (Å²) in [7, 11) is 0. The number of likely N-dealkylation sites (tertiary alicyclic amines) is 1. The van der Waals surface area contributed by atoms with E-state index in [0.717, 1.165) is 11.1 Å². The van der Waals surface area contributed by atoms with Gasteiger partial charge in [0.05, 0.1) is 18.2 Å². The van der Waals surface area contributed by atoms with Crippen LogP contribution in [-0.2, 0) is 6.42 Å². The predicted octanol–water partition coefficient (Wildman–Crippen LogP) is 3.87. The number of fused-ring (bicyclic) bond motifs is 1. The summed E-state index contributed by atoms with van der Waals surface area (Å²) in [5, 5.41) is 25.0. The van der Waals surface area contributed by atoms with Crippen LogP contribution in [0.1, 0.15) is 46.8 Å². The summed E-state index contributed by atoms with van der Waals surface area (Å²) in [6, 6.07) is 11.1. The van der Waals surface area contributed by atoms with Crippen LogP contribution in [0.25, 0.3) is 17.0 Å². The molecule has 182 valence electrons. The van der Waals surface area contributed by atoms with Crippen molar-refractivity contribution in [2.45, 2.75) is 38.6 Å². The Morgan fingerprint density at radius 1 is 1.31 bits per heavy atom. The number of nitrogens with zero attached hydrogens (tertiary/aromatic N) is 6. The zero-order valence-corrected chi connectivity index (χ0v) is 19.7. The molecule has 0 saturated carbocycles. The fourth-order valence-electron chi connectivity index (χ4n) is 4.27. The third kappa shape index (κ3) is 4.13. The van der Waals surface area contributed by atoms with E-state index in [4.69, 9.17) is 14.9 Å². The molecule has 1 aromatic carbocycles. The number of anilines is 1. The van der Waals surface area contributed by atoms with Crippen molar-refractivity contribution in [3.63, 3.8) is 0 Å². The highest BCUT2D eigenvalue weighted by atomic mass is 16.5. The van der Waals surface area contributed by atoms with Gasteiger partial charge in [-0.15, -0.1) is 0 Å². The van der Waals surface area contributed by atoms with Gasteiger partial charge in [0.25, 0.3) is 5.91 Å². The monoisotopic (exact) mass is 485 g/mol. The minimum atomic E-state index is -0.971. The quantitative estimate of drug-likeness (QED) is 0.418. The summed E-state index contributed by atoms with van der Waals surface area (Å²) in [5.41, 5.74) is 4.05. The number of nitrogens with one attached hydrogen (secondary N) is 1. The zero-order valence-electron chi connectivity index (χ0n) is 19.7. The van der Waals surface area contributed by atoms with E-state index in [0.29, 0.717) is 53.7 Å². The van der Waals surface area contributed by atoms with Crippen LogP contribution < -0.4 is 5.32 Å². The number of aryl methyl sites for hydroxylation is 2. The molecule has 11 heteroatoms. The van der Waals surface area contributed by atoms with Gasteiger partial charge in [-0.05, 0) is 43.5 Å². The Labute approximate surface area is 206 Å². The molecular formula is C25H23N7O4. The first-order valence-electron chi connectivity index (χ1n) is 11.4. The van der Waals surface area contributed by atoms with Crippen LogP contribution >= 0.6 is 0 Å². The Morgan fingerprint density at radius 3 is 2.89 bits per heavy atom. The van der Waals surface area contributed by atoms with Crippen molar-refractivity contribution in [1.29, 1.82) is 5.26 Å². The number of nitriles is 1. The van der Waals surface area contributed by atoms with Crippen molar-refractivity contribution in [3.05, 3.63) is 65.4 Å². The molecule has 4 aromatic rings. The van der Waals surface area contributed by atoms with Crippen molar-refractivity contribution in [1.82, 2.24) is 24.4 Å². The summed E-state index contributed by atoms with van der Waals surface area (Å²) in [6.45, 7) is 4.00. The second-order valence-electron chi connectivity index (χ2n) is 8.79. The lowest BCUT2D eigenvalue weighted by atomic mass is 9.90. The minimum Gasteiger partial charge on any atom is -0.465 e. The van der Waals surface area contributed by atoms with Gasteiger partial charge in [-0.1, -0.05) is 23.4 Å². The topological polar surface area (TPSA) is 150 Å². The average molecular weight is 486 g/mol. The molecule has 2 unspecified atom stereocenters. The van der Waals surface area contributed by atoms with Gasteiger partial charge in [0.2, 0.25) is 11.7 Å². The lowest BCUT2D eigenvalue weighted by molar-refractivity contribution is 0.0533. The first-order valence-corrected chi connectivity index (χ1v) is 11.4. The van der Waals surface area contributed by atoms with E-state index in [-0.39, 0.29) is 17.9 Å². The Balaban J connectivity index is 1.36. The van der Waals surface area contributed by atoms with Gasteiger partial charge in [0, 0.05) is 36.5 Å². The lowest BCUT2D eigenvalue weighted by Gasteiger charge is -2.42. The molecule has 0 radical (unpaired) electrons. The molecule has 5 rings (SSSR count). The number of imidazole rings is 1. The molecule has 0 spiro atoms. The van der Waals surface area contributed by atoms with Crippen LogP contribution in [0.5, 0.6) is 0 Å². The molecule has 0 aliphatic carbocycles. The van der Waals surface area contributed by atoms with Crippen LogP contribution in [0.4, 0.5) is 10.5 Å². The number of carbonyl (C=O) groups excluding carboxylic acids is 1. The molecule has 1 aliphatic rings. The fourth-order valence-corrected chi connectivity index (χ4v) is 4.27. The highest BCUT2D eigenvalue weighted by Gasteiger charge is 2.43. The normalized spacial score (nSPS) is 17.0. The minimum absolute atomic E-state index is 0.153. The third-order valence-electron chi connectivity index (χ3n) is 6.54. The number of pyridine rings is 1. The van der Waals surface area contributed by atoms with Gasteiger partial charge >= 0.3 is 6.09 Å². The van der Waals surface area contributed by atoms with E-state index in [1.807, 2.05) is 37.4 Å². The number of hydrogen-bond donors (Lipinski definition) is 2. The van der Waals surface area contributed by atoms with Gasteiger partial charge in [-0.25, -0.2) is 9.78 Å². The highest BCUT2D eigenvalue weighted by molar-refractivity contribution is 6.04. The van der Waals surface area contributed by atoms with E-state index >= 15 is 0 Å². The van der Waals surface area contributed by atoms with Crippen molar-refractivity contribution < 1.29 is 19.2 Å². The molecule has 1 fully saturated rings. The van der Waals surface area contributed by atoms with E-state index in [1.54, 1.807) is 17.4 Å². The summed E-state index contributed by atoms with van der Waals surface area (Å²) in [6.07, 6.45) is 3.35. The molecule has 11 nitrogen and oxygen atoms in total. The molecule has 2 atom stereocenters. The van der Waals surface area contributed by atoms with Crippen molar-refractivity contribution in [3.8, 4) is 17.5 Å². The van der Waals surface area contributed by atoms with Gasteiger partial charge in [0.1, 0.15) is 11.3 Å². The lowest BCUT2D eigenvalue weighted by Crippen LogP contribution is -2.55. The Kier molecular flexibility index (Phi) is 5.85. The molecule has 1 aliphatic heterocycles. The van der Waals surface area contributed by atoms with Gasteiger partial charge < -0.3 is 19.8 Å². The Hall–Kier alpha value is -4.72. The van der Waals surface area contributed by atoms with Crippen molar-refractivity contribution in [2.75, 3.05) is 11.9 Å². The van der Waals surface area contributed by atoms with E-state index in [1.165, 1.54) is 11.1 Å². The second-order valence-corrected chi connectivity index (χ2v) is 8.79. The first kappa shape index (κ1) is 23.0. The summed E-state index contributed by atoms with van der Waals surface area (Å²) in [4.78, 5) is 34.4. The van der Waals surface area contributed by atoms with Gasteiger partial charge in [0.15, 0.2) is 0 Å². The fraction of sp³-hybridized carbons (Fsp3) is 0.280. The number of aromatic nitrogens is 4. The standard InChI is InChI=1S/C25H23N7O4/c1-14-5-7-17(22-29-24(36-30-22)18-13-31(15(18)2)25(34)35)10-19(14)28-23(33)20-11-27-21-8-6-16(4-3-9-26)12-32(20)21/h5-8,10-12,15,18H,3-4,13H2,1-2H3,(H,28,33)(H,34,35). The maximum atomic E-state index is 13.1. The Bertz CT molecular complexity index is 1520. The number of benzene rings is 1. The molecule has 1 saturated heterocycles. The predicted molar refractivity (Wildman–Crippen MR) is 128 cm³/mol.